The number of rotatable bonds is 5. The largest absolute Gasteiger partial charge is 0.501 e. The number of sulfone groups is 1. The number of benzene rings is 2. The van der Waals surface area contributed by atoms with Crippen molar-refractivity contribution in [2.45, 2.75) is 23.2 Å². The zero-order valence-electron chi connectivity index (χ0n) is 16.4. The molecule has 1 saturated heterocycles. The maximum atomic E-state index is 12.7. The Hall–Kier alpha value is -3.08. The number of hydrogen-bond donors (Lipinski definition) is 1. The summed E-state index contributed by atoms with van der Waals surface area (Å²) >= 11 is 0. The van der Waals surface area contributed by atoms with Gasteiger partial charge in [0.2, 0.25) is 0 Å². The standard InChI is InChI=1S/C20H19F3N2O5S/c1-30-19(27)14-6-9-17(25-10-2-3-11-25)16(12-14)24-18(26)13-4-7-15(8-5-13)31(28,29)20(21,22)23/h4-9,12H,2-3,10-11H2,1H3,(H,24,26). The maximum Gasteiger partial charge on any atom is 0.501 e. The molecule has 2 aromatic carbocycles. The van der Waals surface area contributed by atoms with Gasteiger partial charge in [-0.3, -0.25) is 4.79 Å². The number of esters is 1. The molecule has 0 aromatic heterocycles. The highest BCUT2D eigenvalue weighted by Crippen LogP contribution is 2.32. The lowest BCUT2D eigenvalue weighted by atomic mass is 10.1. The molecule has 11 heteroatoms. The number of anilines is 2. The Bertz CT molecular complexity index is 1090. The summed E-state index contributed by atoms with van der Waals surface area (Å²) < 4.78 is 65.7. The Kier molecular flexibility index (Phi) is 6.25. The highest BCUT2D eigenvalue weighted by Gasteiger charge is 2.46. The highest BCUT2D eigenvalue weighted by molar-refractivity contribution is 7.92. The molecule has 0 bridgehead atoms. The number of carbonyl (C=O) groups is 2. The van der Waals surface area contributed by atoms with E-state index in [0.717, 1.165) is 50.2 Å². The summed E-state index contributed by atoms with van der Waals surface area (Å²) in [7, 11) is -4.28. The number of carbonyl (C=O) groups excluding carboxylic acids is 2. The Morgan fingerprint density at radius 1 is 1.00 bits per heavy atom. The van der Waals surface area contributed by atoms with Crippen LogP contribution in [0.15, 0.2) is 47.4 Å². The number of amides is 1. The minimum atomic E-state index is -5.50. The molecule has 31 heavy (non-hydrogen) atoms. The van der Waals surface area contributed by atoms with Crippen LogP contribution in [0.5, 0.6) is 0 Å². The van der Waals surface area contributed by atoms with Crippen LogP contribution >= 0.6 is 0 Å². The zero-order valence-corrected chi connectivity index (χ0v) is 17.2. The second kappa shape index (κ2) is 8.58. The fourth-order valence-electron chi connectivity index (χ4n) is 3.23. The van der Waals surface area contributed by atoms with Gasteiger partial charge in [0.15, 0.2) is 0 Å². The van der Waals surface area contributed by atoms with Gasteiger partial charge in [0, 0.05) is 18.7 Å². The molecule has 0 unspecified atom stereocenters. The lowest BCUT2D eigenvalue weighted by Crippen LogP contribution is -2.23. The number of alkyl halides is 3. The molecule has 1 N–H and O–H groups in total. The van der Waals surface area contributed by atoms with Crippen LogP contribution in [0.4, 0.5) is 24.5 Å². The first-order valence-corrected chi connectivity index (χ1v) is 10.7. The maximum absolute atomic E-state index is 12.7. The molecule has 1 heterocycles. The average molecular weight is 456 g/mol. The summed E-state index contributed by atoms with van der Waals surface area (Å²) in [5, 5.41) is 2.65. The lowest BCUT2D eigenvalue weighted by molar-refractivity contribution is -0.0436. The van der Waals surface area contributed by atoms with Gasteiger partial charge in [-0.05, 0) is 55.3 Å². The molecule has 0 atom stereocenters. The SMILES string of the molecule is COC(=O)c1ccc(N2CCCC2)c(NC(=O)c2ccc(S(=O)(=O)C(F)(F)F)cc2)c1. The Labute approximate surface area is 176 Å². The second-order valence-electron chi connectivity index (χ2n) is 6.85. The molecule has 0 aliphatic carbocycles. The Morgan fingerprint density at radius 3 is 2.13 bits per heavy atom. The first-order chi connectivity index (χ1) is 14.5. The summed E-state index contributed by atoms with van der Waals surface area (Å²) in [6.07, 6.45) is 1.95. The molecular formula is C20H19F3N2O5S. The number of halogens is 3. The molecule has 1 fully saturated rings. The monoisotopic (exact) mass is 456 g/mol. The van der Waals surface area contributed by atoms with E-state index in [0.29, 0.717) is 11.4 Å². The highest BCUT2D eigenvalue weighted by atomic mass is 32.2. The van der Waals surface area contributed by atoms with Crippen molar-refractivity contribution in [1.82, 2.24) is 0 Å². The van der Waals surface area contributed by atoms with E-state index in [1.165, 1.54) is 13.2 Å². The van der Waals surface area contributed by atoms with Gasteiger partial charge in [0.05, 0.1) is 28.9 Å². The molecule has 0 radical (unpaired) electrons. The van der Waals surface area contributed by atoms with Crippen molar-refractivity contribution in [3.8, 4) is 0 Å². The Balaban J connectivity index is 1.89. The molecule has 166 valence electrons. The number of nitrogens with one attached hydrogen (secondary N) is 1. The van der Waals surface area contributed by atoms with E-state index in [1.807, 2.05) is 4.90 Å². The third-order valence-electron chi connectivity index (χ3n) is 4.84. The van der Waals surface area contributed by atoms with Gasteiger partial charge in [-0.15, -0.1) is 0 Å². The van der Waals surface area contributed by atoms with E-state index in [2.05, 4.69) is 5.32 Å². The minimum Gasteiger partial charge on any atom is -0.465 e. The van der Waals surface area contributed by atoms with Crippen LogP contribution in [0.2, 0.25) is 0 Å². The van der Waals surface area contributed by atoms with Gasteiger partial charge in [-0.1, -0.05) is 0 Å². The number of ether oxygens (including phenoxy) is 1. The van der Waals surface area contributed by atoms with Gasteiger partial charge >= 0.3 is 11.5 Å². The molecule has 7 nitrogen and oxygen atoms in total. The van der Waals surface area contributed by atoms with Gasteiger partial charge in [0.1, 0.15) is 0 Å². The summed E-state index contributed by atoms with van der Waals surface area (Å²) in [6, 6.07) is 8.16. The first kappa shape index (κ1) is 22.6. The van der Waals surface area contributed by atoms with Crippen LogP contribution < -0.4 is 10.2 Å². The topological polar surface area (TPSA) is 92.8 Å². The normalized spacial score (nSPS) is 14.4. The van der Waals surface area contributed by atoms with Crippen molar-refractivity contribution >= 4 is 33.1 Å². The molecule has 1 amide bonds. The summed E-state index contributed by atoms with van der Waals surface area (Å²) in [6.45, 7) is 1.54. The van der Waals surface area contributed by atoms with Crippen molar-refractivity contribution in [2.24, 2.45) is 0 Å². The van der Waals surface area contributed by atoms with E-state index in [1.54, 1.807) is 12.1 Å². The molecule has 1 aliphatic heterocycles. The van der Waals surface area contributed by atoms with Gasteiger partial charge < -0.3 is 15.0 Å². The summed E-state index contributed by atoms with van der Waals surface area (Å²) in [5.74, 6) is -1.26. The van der Waals surface area contributed by atoms with Crippen molar-refractivity contribution in [3.63, 3.8) is 0 Å². The van der Waals surface area contributed by atoms with E-state index in [-0.39, 0.29) is 11.1 Å². The van der Waals surface area contributed by atoms with Gasteiger partial charge in [-0.2, -0.15) is 13.2 Å². The molecule has 2 aromatic rings. The Morgan fingerprint density at radius 2 is 1.58 bits per heavy atom. The molecule has 1 aliphatic rings. The van der Waals surface area contributed by atoms with Crippen LogP contribution in [0.25, 0.3) is 0 Å². The fourth-order valence-corrected chi connectivity index (χ4v) is 3.99. The smallest absolute Gasteiger partial charge is 0.465 e. The fraction of sp³-hybridized carbons (Fsp3) is 0.300. The van der Waals surface area contributed by atoms with Crippen molar-refractivity contribution < 1.29 is 35.9 Å². The zero-order chi connectivity index (χ0) is 22.8. The number of nitrogens with zero attached hydrogens (tertiary/aromatic N) is 1. The number of hydrogen-bond acceptors (Lipinski definition) is 6. The van der Waals surface area contributed by atoms with E-state index in [9.17, 15) is 31.2 Å². The molecule has 0 spiro atoms. The molecule has 0 saturated carbocycles. The van der Waals surface area contributed by atoms with Crippen molar-refractivity contribution in [3.05, 3.63) is 53.6 Å². The van der Waals surface area contributed by atoms with E-state index >= 15 is 0 Å². The van der Waals surface area contributed by atoms with E-state index < -0.39 is 32.1 Å². The quantitative estimate of drug-likeness (QED) is 0.691. The second-order valence-corrected chi connectivity index (χ2v) is 8.79. The molecular weight excluding hydrogens is 437 g/mol. The van der Waals surface area contributed by atoms with Gasteiger partial charge in [0.25, 0.3) is 15.7 Å². The van der Waals surface area contributed by atoms with Crippen molar-refractivity contribution in [2.75, 3.05) is 30.4 Å². The summed E-state index contributed by atoms with van der Waals surface area (Å²) in [4.78, 5) is 25.6. The first-order valence-electron chi connectivity index (χ1n) is 9.24. The van der Waals surface area contributed by atoms with Crippen molar-refractivity contribution in [1.29, 1.82) is 0 Å². The third-order valence-corrected chi connectivity index (χ3v) is 6.35. The average Bonchev–Trinajstić information content (AvgIpc) is 3.27. The van der Waals surface area contributed by atoms with Crippen LogP contribution in [0.1, 0.15) is 33.6 Å². The van der Waals surface area contributed by atoms with Crippen LogP contribution in [0.3, 0.4) is 0 Å². The third kappa shape index (κ3) is 4.66. The van der Waals surface area contributed by atoms with E-state index in [4.69, 9.17) is 4.74 Å². The number of methoxy groups -OCH3 is 1. The van der Waals surface area contributed by atoms with Crippen LogP contribution in [-0.4, -0.2) is 46.0 Å². The molecule has 3 rings (SSSR count). The van der Waals surface area contributed by atoms with Crippen LogP contribution in [-0.2, 0) is 14.6 Å². The predicted molar refractivity (Wildman–Crippen MR) is 107 cm³/mol. The van der Waals surface area contributed by atoms with Gasteiger partial charge in [-0.25, -0.2) is 13.2 Å². The predicted octanol–water partition coefficient (Wildman–Crippen LogP) is 3.62. The van der Waals surface area contributed by atoms with Crippen LogP contribution in [0, 0.1) is 0 Å². The minimum absolute atomic E-state index is 0.0445. The summed E-state index contributed by atoms with van der Waals surface area (Å²) in [5.41, 5.74) is -4.24. The lowest BCUT2D eigenvalue weighted by Gasteiger charge is -2.22.